The van der Waals surface area contributed by atoms with E-state index >= 15 is 0 Å². The summed E-state index contributed by atoms with van der Waals surface area (Å²) in [4.78, 5) is 12.3. The number of likely N-dealkylation sites (tertiary alicyclic amines) is 1. The Kier molecular flexibility index (Phi) is 3.75. The summed E-state index contributed by atoms with van der Waals surface area (Å²) >= 11 is 0. The first-order chi connectivity index (χ1) is 6.56. The molecule has 14 heavy (non-hydrogen) atoms. The Morgan fingerprint density at radius 1 is 1.64 bits per heavy atom. The van der Waals surface area contributed by atoms with E-state index in [1.165, 1.54) is 4.90 Å². The molecule has 3 unspecified atom stereocenters. The minimum absolute atomic E-state index is 0.132. The van der Waals surface area contributed by atoms with Crippen molar-refractivity contribution in [3.8, 4) is 0 Å². The molecule has 1 rings (SSSR count). The van der Waals surface area contributed by atoms with Crippen LogP contribution in [-0.2, 0) is 4.74 Å². The summed E-state index contributed by atoms with van der Waals surface area (Å²) in [5, 5.41) is 8.88. The summed E-state index contributed by atoms with van der Waals surface area (Å²) in [6, 6.07) is 0. The first-order valence-electron chi connectivity index (χ1n) is 5.07. The maximum absolute atomic E-state index is 10.8. The number of hydrogen-bond acceptors (Lipinski definition) is 2. The molecule has 1 amide bonds. The van der Waals surface area contributed by atoms with E-state index in [-0.39, 0.29) is 6.10 Å². The molecular weight excluding hydrogens is 182 g/mol. The van der Waals surface area contributed by atoms with Crippen LogP contribution in [0.15, 0.2) is 0 Å². The molecule has 1 saturated heterocycles. The average Bonchev–Trinajstić information content (AvgIpc) is 2.17. The fraction of sp³-hybridized carbons (Fsp3) is 0.900. The van der Waals surface area contributed by atoms with Gasteiger partial charge in [0.15, 0.2) is 0 Å². The number of carboxylic acid groups (broad SMARTS) is 1. The normalized spacial score (nSPS) is 30.1. The molecule has 1 fully saturated rings. The third kappa shape index (κ3) is 2.38. The average molecular weight is 201 g/mol. The molecule has 1 aliphatic heterocycles. The van der Waals surface area contributed by atoms with Gasteiger partial charge in [0.05, 0.1) is 6.10 Å². The topological polar surface area (TPSA) is 49.8 Å². The van der Waals surface area contributed by atoms with Crippen molar-refractivity contribution in [2.45, 2.75) is 26.4 Å². The van der Waals surface area contributed by atoms with Crippen LogP contribution in [0.3, 0.4) is 0 Å². The monoisotopic (exact) mass is 201 g/mol. The van der Waals surface area contributed by atoms with E-state index in [1.54, 1.807) is 7.11 Å². The van der Waals surface area contributed by atoms with Gasteiger partial charge in [0, 0.05) is 26.1 Å². The first kappa shape index (κ1) is 11.3. The molecule has 1 N–H and O–H groups in total. The van der Waals surface area contributed by atoms with Gasteiger partial charge >= 0.3 is 6.09 Å². The van der Waals surface area contributed by atoms with Gasteiger partial charge in [-0.15, -0.1) is 0 Å². The Bertz CT molecular complexity index is 204. The molecule has 82 valence electrons. The summed E-state index contributed by atoms with van der Waals surface area (Å²) in [5.41, 5.74) is 0. The molecule has 3 atom stereocenters. The lowest BCUT2D eigenvalue weighted by Crippen LogP contribution is -2.46. The molecule has 0 aromatic rings. The van der Waals surface area contributed by atoms with Crippen LogP contribution in [-0.4, -0.2) is 42.4 Å². The first-order valence-corrected chi connectivity index (χ1v) is 5.07. The van der Waals surface area contributed by atoms with Crippen LogP contribution in [0.25, 0.3) is 0 Å². The van der Waals surface area contributed by atoms with Crippen molar-refractivity contribution in [3.63, 3.8) is 0 Å². The number of piperidine rings is 1. The van der Waals surface area contributed by atoms with Gasteiger partial charge in [-0.25, -0.2) is 4.79 Å². The second-order valence-electron chi connectivity index (χ2n) is 4.10. The quantitative estimate of drug-likeness (QED) is 0.739. The SMILES string of the molecule is COC(C)C1CN(C(=O)O)CCC1C. The minimum atomic E-state index is -0.815. The number of rotatable bonds is 2. The van der Waals surface area contributed by atoms with Crippen LogP contribution < -0.4 is 0 Å². The van der Waals surface area contributed by atoms with Crippen molar-refractivity contribution in [3.05, 3.63) is 0 Å². The van der Waals surface area contributed by atoms with E-state index in [1.807, 2.05) is 6.92 Å². The fourth-order valence-electron chi connectivity index (χ4n) is 2.06. The molecular formula is C10H19NO3. The predicted octanol–water partition coefficient (Wildman–Crippen LogP) is 1.66. The minimum Gasteiger partial charge on any atom is -0.465 e. The molecule has 4 nitrogen and oxygen atoms in total. The standard InChI is InChI=1S/C10H19NO3/c1-7-4-5-11(10(12)13)6-9(7)8(2)14-3/h7-9H,4-6H2,1-3H3,(H,12,13). The van der Waals surface area contributed by atoms with Gasteiger partial charge < -0.3 is 14.7 Å². The summed E-state index contributed by atoms with van der Waals surface area (Å²) < 4.78 is 5.27. The number of hydrogen-bond donors (Lipinski definition) is 1. The van der Waals surface area contributed by atoms with E-state index in [9.17, 15) is 4.79 Å². The van der Waals surface area contributed by atoms with Crippen LogP contribution in [0, 0.1) is 11.8 Å². The third-order valence-electron chi connectivity index (χ3n) is 3.26. The molecule has 0 radical (unpaired) electrons. The molecule has 0 bridgehead atoms. The van der Waals surface area contributed by atoms with Gasteiger partial charge in [0.25, 0.3) is 0 Å². The van der Waals surface area contributed by atoms with Crippen molar-refractivity contribution in [1.82, 2.24) is 4.90 Å². The van der Waals surface area contributed by atoms with Gasteiger partial charge in [-0.2, -0.15) is 0 Å². The molecule has 0 aromatic carbocycles. The van der Waals surface area contributed by atoms with Gasteiger partial charge in [-0.05, 0) is 19.3 Å². The zero-order valence-electron chi connectivity index (χ0n) is 9.06. The number of ether oxygens (including phenoxy) is 1. The van der Waals surface area contributed by atoms with E-state index in [0.717, 1.165) is 6.42 Å². The number of amides is 1. The van der Waals surface area contributed by atoms with Crippen LogP contribution in [0.4, 0.5) is 4.79 Å². The zero-order chi connectivity index (χ0) is 10.7. The number of nitrogens with zero attached hydrogens (tertiary/aromatic N) is 1. The molecule has 1 aliphatic rings. The lowest BCUT2D eigenvalue weighted by atomic mass is 9.84. The van der Waals surface area contributed by atoms with Gasteiger partial charge in [-0.3, -0.25) is 0 Å². The second kappa shape index (κ2) is 4.64. The Labute approximate surface area is 84.8 Å². The lowest BCUT2D eigenvalue weighted by molar-refractivity contribution is 0.00453. The maximum atomic E-state index is 10.8. The number of methoxy groups -OCH3 is 1. The van der Waals surface area contributed by atoms with Crippen molar-refractivity contribution in [1.29, 1.82) is 0 Å². The van der Waals surface area contributed by atoms with Gasteiger partial charge in [-0.1, -0.05) is 6.92 Å². The van der Waals surface area contributed by atoms with Crippen LogP contribution in [0.5, 0.6) is 0 Å². The molecule has 0 spiro atoms. The summed E-state index contributed by atoms with van der Waals surface area (Å²) in [5.74, 6) is 0.866. The Balaban J connectivity index is 2.59. The zero-order valence-corrected chi connectivity index (χ0v) is 9.06. The van der Waals surface area contributed by atoms with Gasteiger partial charge in [0.2, 0.25) is 0 Å². The highest BCUT2D eigenvalue weighted by molar-refractivity contribution is 5.65. The molecule has 0 aromatic heterocycles. The Hall–Kier alpha value is -0.770. The van der Waals surface area contributed by atoms with E-state index in [4.69, 9.17) is 9.84 Å². The highest BCUT2D eigenvalue weighted by atomic mass is 16.5. The molecule has 1 heterocycles. The fourth-order valence-corrected chi connectivity index (χ4v) is 2.06. The van der Waals surface area contributed by atoms with Crippen LogP contribution in [0.2, 0.25) is 0 Å². The second-order valence-corrected chi connectivity index (χ2v) is 4.10. The van der Waals surface area contributed by atoms with Crippen molar-refractivity contribution < 1.29 is 14.6 Å². The van der Waals surface area contributed by atoms with E-state index < -0.39 is 6.09 Å². The van der Waals surface area contributed by atoms with Crippen molar-refractivity contribution in [2.75, 3.05) is 20.2 Å². The van der Waals surface area contributed by atoms with Gasteiger partial charge in [0.1, 0.15) is 0 Å². The van der Waals surface area contributed by atoms with Crippen molar-refractivity contribution in [2.24, 2.45) is 11.8 Å². The maximum Gasteiger partial charge on any atom is 0.407 e. The highest BCUT2D eigenvalue weighted by Gasteiger charge is 2.32. The smallest absolute Gasteiger partial charge is 0.407 e. The summed E-state index contributed by atoms with van der Waals surface area (Å²) in [6.07, 6.45) is 0.252. The Morgan fingerprint density at radius 3 is 2.79 bits per heavy atom. The van der Waals surface area contributed by atoms with E-state index in [0.29, 0.717) is 24.9 Å². The molecule has 4 heteroatoms. The lowest BCUT2D eigenvalue weighted by Gasteiger charge is -2.38. The summed E-state index contributed by atoms with van der Waals surface area (Å²) in [7, 11) is 1.68. The highest BCUT2D eigenvalue weighted by Crippen LogP contribution is 2.27. The molecule has 0 aliphatic carbocycles. The third-order valence-corrected chi connectivity index (χ3v) is 3.26. The van der Waals surface area contributed by atoms with Crippen LogP contribution >= 0.6 is 0 Å². The predicted molar refractivity (Wildman–Crippen MR) is 53.3 cm³/mol. The van der Waals surface area contributed by atoms with Crippen LogP contribution in [0.1, 0.15) is 20.3 Å². The van der Waals surface area contributed by atoms with E-state index in [2.05, 4.69) is 6.92 Å². The number of carbonyl (C=O) groups is 1. The Morgan fingerprint density at radius 2 is 2.29 bits per heavy atom. The molecule has 0 saturated carbocycles. The largest absolute Gasteiger partial charge is 0.465 e. The van der Waals surface area contributed by atoms with Crippen molar-refractivity contribution >= 4 is 6.09 Å². The summed E-state index contributed by atoms with van der Waals surface area (Å²) in [6.45, 7) is 5.43.